The van der Waals surface area contributed by atoms with Crippen LogP contribution >= 0.6 is 0 Å². The lowest BCUT2D eigenvalue weighted by Gasteiger charge is -2.11. The van der Waals surface area contributed by atoms with E-state index in [9.17, 15) is 9.90 Å². The van der Waals surface area contributed by atoms with Crippen molar-refractivity contribution in [2.24, 2.45) is 5.73 Å². The fourth-order valence-electron chi connectivity index (χ4n) is 2.11. The maximum atomic E-state index is 11.2. The van der Waals surface area contributed by atoms with Crippen molar-refractivity contribution in [2.45, 2.75) is 18.4 Å². The third kappa shape index (κ3) is 1.55. The van der Waals surface area contributed by atoms with Gasteiger partial charge in [-0.1, -0.05) is 30.9 Å². The van der Waals surface area contributed by atoms with Gasteiger partial charge in [-0.25, -0.2) is 0 Å². The second kappa shape index (κ2) is 3.51. The Kier molecular flexibility index (Phi) is 2.32. The number of hydrogen-bond acceptors (Lipinski definition) is 2. The van der Waals surface area contributed by atoms with Gasteiger partial charge in [0.2, 0.25) is 5.91 Å². The number of rotatable bonds is 2. The van der Waals surface area contributed by atoms with Crippen molar-refractivity contribution in [3.05, 3.63) is 41.5 Å². The first kappa shape index (κ1) is 9.93. The molecule has 0 aliphatic heterocycles. The first-order valence-electron chi connectivity index (χ1n) is 4.86. The summed E-state index contributed by atoms with van der Waals surface area (Å²) in [5, 5.41) is 9.72. The average molecular weight is 203 g/mol. The zero-order valence-corrected chi connectivity index (χ0v) is 8.31. The van der Waals surface area contributed by atoms with E-state index in [4.69, 9.17) is 5.73 Å². The summed E-state index contributed by atoms with van der Waals surface area (Å²) in [5.41, 5.74) is 8.05. The van der Waals surface area contributed by atoms with E-state index >= 15 is 0 Å². The zero-order valence-electron chi connectivity index (χ0n) is 8.31. The predicted octanol–water partition coefficient (Wildman–Crippen LogP) is 0.815. The molecule has 2 atom stereocenters. The second-order valence-electron chi connectivity index (χ2n) is 3.81. The normalized spacial score (nSPS) is 23.5. The molecular formula is C12H13NO2. The van der Waals surface area contributed by atoms with Crippen LogP contribution < -0.4 is 5.73 Å². The van der Waals surface area contributed by atoms with Gasteiger partial charge in [-0.2, -0.15) is 0 Å². The minimum Gasteiger partial charge on any atom is -0.392 e. The van der Waals surface area contributed by atoms with Crippen LogP contribution in [0.25, 0.3) is 6.08 Å². The van der Waals surface area contributed by atoms with E-state index in [1.807, 2.05) is 18.2 Å². The standard InChI is InChI=1S/C12H13NO2/c1-2-7-3-4-8-6-10(14)11(12(13)15)9(8)5-7/h2-5,10-11,14H,1,6H2,(H2,13,15)/t10-,11-/m1/s1. The molecule has 1 aliphatic carbocycles. The Hall–Kier alpha value is -1.61. The zero-order chi connectivity index (χ0) is 11.0. The number of fused-ring (bicyclic) bond motifs is 1. The molecular weight excluding hydrogens is 190 g/mol. The monoisotopic (exact) mass is 203 g/mol. The summed E-state index contributed by atoms with van der Waals surface area (Å²) in [6.07, 6.45) is 1.53. The molecule has 0 saturated carbocycles. The number of primary amides is 1. The topological polar surface area (TPSA) is 63.3 Å². The van der Waals surface area contributed by atoms with Crippen molar-refractivity contribution in [2.75, 3.05) is 0 Å². The van der Waals surface area contributed by atoms with Crippen LogP contribution in [-0.2, 0) is 11.2 Å². The van der Waals surface area contributed by atoms with Gasteiger partial charge < -0.3 is 10.8 Å². The third-order valence-electron chi connectivity index (χ3n) is 2.86. The van der Waals surface area contributed by atoms with Crippen molar-refractivity contribution in [3.63, 3.8) is 0 Å². The van der Waals surface area contributed by atoms with E-state index in [0.717, 1.165) is 16.7 Å². The molecule has 78 valence electrons. The average Bonchev–Trinajstić information content (AvgIpc) is 2.52. The van der Waals surface area contributed by atoms with E-state index in [1.54, 1.807) is 6.08 Å². The smallest absolute Gasteiger partial charge is 0.227 e. The van der Waals surface area contributed by atoms with Crippen molar-refractivity contribution in [3.8, 4) is 0 Å². The first-order valence-corrected chi connectivity index (χ1v) is 4.86. The van der Waals surface area contributed by atoms with Gasteiger partial charge in [-0.05, 0) is 23.1 Å². The van der Waals surface area contributed by atoms with Crippen molar-refractivity contribution in [1.29, 1.82) is 0 Å². The largest absolute Gasteiger partial charge is 0.392 e. The molecule has 3 heteroatoms. The van der Waals surface area contributed by atoms with E-state index < -0.39 is 17.9 Å². The maximum absolute atomic E-state index is 11.2. The van der Waals surface area contributed by atoms with Crippen LogP contribution in [0.2, 0.25) is 0 Å². The molecule has 3 N–H and O–H groups in total. The summed E-state index contributed by atoms with van der Waals surface area (Å²) >= 11 is 0. The van der Waals surface area contributed by atoms with Crippen LogP contribution in [0.1, 0.15) is 22.6 Å². The number of aliphatic hydroxyl groups excluding tert-OH is 1. The van der Waals surface area contributed by atoms with Gasteiger partial charge in [0.25, 0.3) is 0 Å². The predicted molar refractivity (Wildman–Crippen MR) is 58.2 cm³/mol. The molecule has 0 aromatic heterocycles. The van der Waals surface area contributed by atoms with Crippen molar-refractivity contribution < 1.29 is 9.90 Å². The first-order chi connectivity index (χ1) is 7.13. The quantitative estimate of drug-likeness (QED) is 0.747. The van der Waals surface area contributed by atoms with Gasteiger partial charge in [-0.15, -0.1) is 0 Å². The van der Waals surface area contributed by atoms with Gasteiger partial charge in [0, 0.05) is 0 Å². The van der Waals surface area contributed by atoms with Crippen molar-refractivity contribution >= 4 is 12.0 Å². The lowest BCUT2D eigenvalue weighted by atomic mass is 9.97. The maximum Gasteiger partial charge on any atom is 0.227 e. The fraction of sp³-hybridized carbons (Fsp3) is 0.250. The molecule has 3 nitrogen and oxygen atoms in total. The molecule has 2 rings (SSSR count). The summed E-state index contributed by atoms with van der Waals surface area (Å²) in [6.45, 7) is 3.67. The highest BCUT2D eigenvalue weighted by molar-refractivity contribution is 5.84. The van der Waals surface area contributed by atoms with Crippen LogP contribution in [0.5, 0.6) is 0 Å². The van der Waals surface area contributed by atoms with Gasteiger partial charge in [0.05, 0.1) is 12.0 Å². The van der Waals surface area contributed by atoms with Crippen LogP contribution in [0.15, 0.2) is 24.8 Å². The summed E-state index contributed by atoms with van der Waals surface area (Å²) in [5.74, 6) is -1.04. The van der Waals surface area contributed by atoms with E-state index in [-0.39, 0.29) is 0 Å². The van der Waals surface area contributed by atoms with Gasteiger partial charge in [0.1, 0.15) is 0 Å². The summed E-state index contributed by atoms with van der Waals surface area (Å²) in [4.78, 5) is 11.2. The molecule has 1 aromatic rings. The molecule has 1 aromatic carbocycles. The van der Waals surface area contributed by atoms with Gasteiger partial charge in [-0.3, -0.25) is 4.79 Å². The highest BCUT2D eigenvalue weighted by Gasteiger charge is 2.34. The number of aliphatic hydroxyl groups is 1. The van der Waals surface area contributed by atoms with Crippen LogP contribution in [0, 0.1) is 0 Å². The Morgan fingerprint density at radius 1 is 1.60 bits per heavy atom. The lowest BCUT2D eigenvalue weighted by Crippen LogP contribution is -2.28. The Balaban J connectivity index is 2.50. The molecule has 0 spiro atoms. The van der Waals surface area contributed by atoms with E-state index in [1.165, 1.54) is 0 Å². The molecule has 0 fully saturated rings. The second-order valence-corrected chi connectivity index (χ2v) is 3.81. The molecule has 0 bridgehead atoms. The lowest BCUT2D eigenvalue weighted by molar-refractivity contribution is -0.121. The molecule has 1 amide bonds. The Labute approximate surface area is 88.2 Å². The van der Waals surface area contributed by atoms with Gasteiger partial charge >= 0.3 is 0 Å². The van der Waals surface area contributed by atoms with Crippen molar-refractivity contribution in [1.82, 2.24) is 0 Å². The van der Waals surface area contributed by atoms with Crippen LogP contribution in [0.3, 0.4) is 0 Å². The number of benzene rings is 1. The molecule has 0 unspecified atom stereocenters. The molecule has 0 radical (unpaired) electrons. The molecule has 0 saturated heterocycles. The van der Waals surface area contributed by atoms with Crippen LogP contribution in [-0.4, -0.2) is 17.1 Å². The van der Waals surface area contributed by atoms with E-state index in [0.29, 0.717) is 6.42 Å². The number of nitrogens with two attached hydrogens (primary N) is 1. The number of hydrogen-bond donors (Lipinski definition) is 2. The van der Waals surface area contributed by atoms with Gasteiger partial charge in [0.15, 0.2) is 0 Å². The Morgan fingerprint density at radius 2 is 2.33 bits per heavy atom. The minimum atomic E-state index is -0.683. The molecule has 15 heavy (non-hydrogen) atoms. The fourth-order valence-corrected chi connectivity index (χ4v) is 2.11. The van der Waals surface area contributed by atoms with E-state index in [2.05, 4.69) is 6.58 Å². The number of carbonyl (C=O) groups is 1. The number of carbonyl (C=O) groups excluding carboxylic acids is 1. The summed E-state index contributed by atoms with van der Waals surface area (Å²) in [7, 11) is 0. The molecule has 1 aliphatic rings. The minimum absolute atomic E-state index is 0.470. The highest BCUT2D eigenvalue weighted by Crippen LogP contribution is 2.33. The highest BCUT2D eigenvalue weighted by atomic mass is 16.3. The van der Waals surface area contributed by atoms with Crippen LogP contribution in [0.4, 0.5) is 0 Å². The summed E-state index contributed by atoms with van der Waals surface area (Å²) in [6, 6.07) is 5.70. The number of amides is 1. The third-order valence-corrected chi connectivity index (χ3v) is 2.86. The summed E-state index contributed by atoms with van der Waals surface area (Å²) < 4.78 is 0. The molecule has 0 heterocycles. The Morgan fingerprint density at radius 3 is 2.93 bits per heavy atom. The SMILES string of the molecule is C=Cc1ccc2c(c1)[C@@H](C(N)=O)[C@H](O)C2. The Bertz CT molecular complexity index is 426.